The summed E-state index contributed by atoms with van der Waals surface area (Å²) in [6.45, 7) is 4.42. The number of para-hydroxylation sites is 1. The van der Waals surface area contributed by atoms with E-state index in [0.29, 0.717) is 16.3 Å². The number of nitrogens with zero attached hydrogens (tertiary/aromatic N) is 3. The van der Waals surface area contributed by atoms with Crippen molar-refractivity contribution in [2.45, 2.75) is 5.16 Å². The van der Waals surface area contributed by atoms with Gasteiger partial charge in [0.15, 0.2) is 5.16 Å². The summed E-state index contributed by atoms with van der Waals surface area (Å²) < 4.78 is 12.4. The number of rotatable bonds is 6. The van der Waals surface area contributed by atoms with Crippen LogP contribution >= 0.6 is 11.8 Å². The van der Waals surface area contributed by atoms with Gasteiger partial charge in [-0.15, -0.1) is 0 Å². The zero-order chi connectivity index (χ0) is 19.3. The third kappa shape index (κ3) is 4.06. The Morgan fingerprint density at radius 1 is 1.14 bits per heavy atom. The topological polar surface area (TPSA) is 56.6 Å². The van der Waals surface area contributed by atoms with Gasteiger partial charge < -0.3 is 9.47 Å². The van der Waals surface area contributed by atoms with E-state index in [-0.39, 0.29) is 5.56 Å². The minimum Gasteiger partial charge on any atom is -0.497 e. The van der Waals surface area contributed by atoms with Crippen molar-refractivity contribution in [3.05, 3.63) is 58.9 Å². The number of methoxy groups -OCH3 is 1. The predicted molar refractivity (Wildman–Crippen MR) is 112 cm³/mol. The molecular weight excluding hydrogens is 374 g/mol. The number of fused-ring (bicyclic) bond motifs is 1. The minimum absolute atomic E-state index is 0.0623. The van der Waals surface area contributed by atoms with Crippen molar-refractivity contribution in [2.24, 2.45) is 0 Å². The molecule has 0 unspecified atom stereocenters. The van der Waals surface area contributed by atoms with Gasteiger partial charge in [-0.25, -0.2) is 4.98 Å². The lowest BCUT2D eigenvalue weighted by Crippen LogP contribution is -2.37. The number of aromatic nitrogens is 2. The number of ether oxygens (including phenoxy) is 2. The fraction of sp³-hybridized carbons (Fsp3) is 0.333. The van der Waals surface area contributed by atoms with Gasteiger partial charge >= 0.3 is 0 Å². The van der Waals surface area contributed by atoms with E-state index >= 15 is 0 Å². The third-order valence-corrected chi connectivity index (χ3v) is 5.72. The van der Waals surface area contributed by atoms with Gasteiger partial charge in [0.2, 0.25) is 0 Å². The van der Waals surface area contributed by atoms with E-state index in [0.717, 1.165) is 49.8 Å². The summed E-state index contributed by atoms with van der Waals surface area (Å²) in [5.74, 6) is 1.57. The van der Waals surface area contributed by atoms with Crippen LogP contribution in [0, 0.1) is 0 Å². The maximum absolute atomic E-state index is 13.3. The van der Waals surface area contributed by atoms with Crippen molar-refractivity contribution >= 4 is 22.7 Å². The minimum atomic E-state index is -0.0623. The second kappa shape index (κ2) is 8.77. The molecule has 1 aliphatic rings. The first-order chi connectivity index (χ1) is 13.8. The molecular formula is C21H23N3O3S. The first kappa shape index (κ1) is 19.0. The van der Waals surface area contributed by atoms with Crippen LogP contribution in [0.15, 0.2) is 58.5 Å². The lowest BCUT2D eigenvalue weighted by molar-refractivity contribution is 0.0410. The van der Waals surface area contributed by atoms with Gasteiger partial charge in [-0.05, 0) is 24.3 Å². The molecule has 4 rings (SSSR count). The highest BCUT2D eigenvalue weighted by molar-refractivity contribution is 7.99. The van der Waals surface area contributed by atoms with Crippen molar-refractivity contribution in [1.29, 1.82) is 0 Å². The van der Waals surface area contributed by atoms with Crippen molar-refractivity contribution in [1.82, 2.24) is 14.5 Å². The molecule has 0 radical (unpaired) electrons. The molecule has 7 heteroatoms. The molecule has 1 aliphatic heterocycles. The molecule has 2 aromatic carbocycles. The molecule has 0 spiro atoms. The van der Waals surface area contributed by atoms with Crippen LogP contribution in [0.3, 0.4) is 0 Å². The summed E-state index contributed by atoms with van der Waals surface area (Å²) in [4.78, 5) is 20.4. The molecule has 0 saturated carbocycles. The third-order valence-electron chi connectivity index (χ3n) is 4.80. The van der Waals surface area contributed by atoms with E-state index in [2.05, 4.69) is 4.90 Å². The van der Waals surface area contributed by atoms with E-state index < -0.39 is 0 Å². The van der Waals surface area contributed by atoms with Gasteiger partial charge in [0.1, 0.15) is 5.75 Å². The molecule has 6 nitrogen and oxygen atoms in total. The van der Waals surface area contributed by atoms with Gasteiger partial charge in [-0.3, -0.25) is 14.3 Å². The molecule has 146 valence electrons. The summed E-state index contributed by atoms with van der Waals surface area (Å²) in [7, 11) is 1.62. The molecule has 0 aliphatic carbocycles. The van der Waals surface area contributed by atoms with E-state index in [4.69, 9.17) is 14.5 Å². The van der Waals surface area contributed by atoms with E-state index in [1.54, 1.807) is 23.4 Å². The first-order valence-corrected chi connectivity index (χ1v) is 10.3. The summed E-state index contributed by atoms with van der Waals surface area (Å²) in [6, 6.07) is 15.0. The number of hydrogen-bond acceptors (Lipinski definition) is 6. The van der Waals surface area contributed by atoms with Crippen molar-refractivity contribution in [3.8, 4) is 11.4 Å². The molecule has 1 aromatic heterocycles. The van der Waals surface area contributed by atoms with E-state index in [1.807, 2.05) is 48.5 Å². The lowest BCUT2D eigenvalue weighted by atomic mass is 10.2. The van der Waals surface area contributed by atoms with Gasteiger partial charge in [0.25, 0.3) is 5.56 Å². The Hall–Kier alpha value is -2.35. The molecule has 2 heterocycles. The molecule has 0 atom stereocenters. The number of benzene rings is 2. The van der Waals surface area contributed by atoms with Crippen LogP contribution < -0.4 is 10.3 Å². The zero-order valence-electron chi connectivity index (χ0n) is 15.8. The molecule has 28 heavy (non-hydrogen) atoms. The predicted octanol–water partition coefficient (Wildman–Crippen LogP) is 2.82. The maximum atomic E-state index is 13.3. The lowest BCUT2D eigenvalue weighted by Gasteiger charge is -2.26. The monoisotopic (exact) mass is 397 g/mol. The van der Waals surface area contributed by atoms with E-state index in [1.165, 1.54) is 0 Å². The van der Waals surface area contributed by atoms with Crippen molar-refractivity contribution in [3.63, 3.8) is 0 Å². The zero-order valence-corrected chi connectivity index (χ0v) is 16.7. The number of hydrogen-bond donors (Lipinski definition) is 0. The molecule has 3 aromatic rings. The average Bonchev–Trinajstić information content (AvgIpc) is 2.75. The fourth-order valence-corrected chi connectivity index (χ4v) is 4.29. The average molecular weight is 398 g/mol. The largest absolute Gasteiger partial charge is 0.497 e. The van der Waals surface area contributed by atoms with Crippen LogP contribution in [0.5, 0.6) is 5.75 Å². The summed E-state index contributed by atoms with van der Waals surface area (Å²) in [6.07, 6.45) is 0. The highest BCUT2D eigenvalue weighted by Crippen LogP contribution is 2.23. The van der Waals surface area contributed by atoms with Gasteiger partial charge in [0, 0.05) is 31.5 Å². The highest BCUT2D eigenvalue weighted by atomic mass is 32.2. The summed E-state index contributed by atoms with van der Waals surface area (Å²) >= 11 is 1.61. The molecule has 0 N–H and O–H groups in total. The van der Waals surface area contributed by atoms with Crippen LogP contribution in [0.2, 0.25) is 0 Å². The second-order valence-corrected chi connectivity index (χ2v) is 7.62. The quantitative estimate of drug-likeness (QED) is 0.471. The SMILES string of the molecule is COc1cccc(-n2c(SCCN3CCOCC3)nc3ccccc3c2=O)c1. The van der Waals surface area contributed by atoms with E-state index in [9.17, 15) is 4.79 Å². The van der Waals surface area contributed by atoms with Crippen LogP contribution in [-0.2, 0) is 4.74 Å². The molecule has 0 bridgehead atoms. The van der Waals surface area contributed by atoms with Gasteiger partial charge in [0.05, 0.1) is 36.9 Å². The Morgan fingerprint density at radius 3 is 2.79 bits per heavy atom. The fourth-order valence-electron chi connectivity index (χ4n) is 3.28. The highest BCUT2D eigenvalue weighted by Gasteiger charge is 2.15. The Kier molecular flexibility index (Phi) is 5.95. The number of morpholine rings is 1. The molecule has 0 amide bonds. The van der Waals surface area contributed by atoms with Crippen LogP contribution in [0.4, 0.5) is 0 Å². The van der Waals surface area contributed by atoms with Gasteiger partial charge in [-0.1, -0.05) is 30.0 Å². The van der Waals surface area contributed by atoms with Crippen LogP contribution in [0.1, 0.15) is 0 Å². The first-order valence-electron chi connectivity index (χ1n) is 9.35. The Morgan fingerprint density at radius 2 is 1.96 bits per heavy atom. The standard InChI is InChI=1S/C21H23N3O3S/c1-26-17-6-4-5-16(15-17)24-20(25)18-7-2-3-8-19(18)22-21(24)28-14-11-23-9-12-27-13-10-23/h2-8,15H,9-14H2,1H3. The molecule has 1 saturated heterocycles. The number of thioether (sulfide) groups is 1. The molecule has 1 fully saturated rings. The maximum Gasteiger partial charge on any atom is 0.266 e. The van der Waals surface area contributed by atoms with Crippen molar-refractivity contribution in [2.75, 3.05) is 45.7 Å². The van der Waals surface area contributed by atoms with Crippen LogP contribution in [0.25, 0.3) is 16.6 Å². The summed E-state index contributed by atoms with van der Waals surface area (Å²) in [5, 5.41) is 1.31. The second-order valence-electron chi connectivity index (χ2n) is 6.56. The summed E-state index contributed by atoms with van der Waals surface area (Å²) in [5.41, 5.74) is 1.42. The Bertz CT molecular complexity index is 1020. The van der Waals surface area contributed by atoms with Crippen LogP contribution in [-0.4, -0.2) is 60.2 Å². The smallest absolute Gasteiger partial charge is 0.266 e. The normalized spacial score (nSPS) is 15.0. The van der Waals surface area contributed by atoms with Gasteiger partial charge in [-0.2, -0.15) is 0 Å². The Labute approximate surface area is 168 Å². The van der Waals surface area contributed by atoms with Crippen molar-refractivity contribution < 1.29 is 9.47 Å². The Balaban J connectivity index is 1.69.